The Bertz CT molecular complexity index is 1070. The number of rotatable bonds is 7. The van der Waals surface area contributed by atoms with E-state index in [9.17, 15) is 9.59 Å². The molecule has 2 N–H and O–H groups in total. The lowest BCUT2D eigenvalue weighted by atomic mass is 9.84. The Morgan fingerprint density at radius 3 is 2.56 bits per heavy atom. The number of carbonyl (C=O) groups excluding carboxylic acids is 2. The number of anilines is 1. The fourth-order valence-corrected chi connectivity index (χ4v) is 6.17. The monoisotopic (exact) mass is 537 g/mol. The molecule has 1 aromatic rings. The fourth-order valence-electron chi connectivity index (χ4n) is 6.17. The summed E-state index contributed by atoms with van der Waals surface area (Å²) in [7, 11) is 2.16. The molecule has 39 heavy (non-hydrogen) atoms. The highest BCUT2D eigenvalue weighted by molar-refractivity contribution is 5.98. The third-order valence-electron chi connectivity index (χ3n) is 8.66. The molecule has 0 aliphatic carbocycles. The van der Waals surface area contributed by atoms with E-state index in [2.05, 4.69) is 64.1 Å². The second-order valence-electron chi connectivity index (χ2n) is 11.6. The lowest BCUT2D eigenvalue weighted by Gasteiger charge is -2.36. The first-order valence-corrected chi connectivity index (χ1v) is 14.7. The minimum atomic E-state index is -0.217. The summed E-state index contributed by atoms with van der Waals surface area (Å²) in [6, 6.07) is 4.63. The van der Waals surface area contributed by atoms with E-state index in [1.54, 1.807) is 0 Å². The second-order valence-corrected chi connectivity index (χ2v) is 11.6. The summed E-state index contributed by atoms with van der Waals surface area (Å²) >= 11 is 0. The molecule has 0 spiro atoms. The zero-order valence-corrected chi connectivity index (χ0v) is 24.5. The average molecular weight is 538 g/mol. The van der Waals surface area contributed by atoms with Gasteiger partial charge in [-0.3, -0.25) is 14.5 Å². The zero-order chi connectivity index (χ0) is 27.9. The molecule has 3 unspecified atom stereocenters. The van der Waals surface area contributed by atoms with E-state index in [0.29, 0.717) is 18.2 Å². The molecular weight excluding hydrogens is 490 g/mol. The molecule has 0 bridgehead atoms. The Morgan fingerprint density at radius 2 is 1.90 bits per heavy atom. The SMILES string of the molecule is CCN(c1cc(C#CCN2CCN(C)CC2)cc(C(=O)NCC2C(=O)NC(C)CC2C)c1C)C1CCOCC1. The third kappa shape index (κ3) is 7.53. The maximum Gasteiger partial charge on any atom is 0.251 e. The molecule has 8 nitrogen and oxygen atoms in total. The minimum Gasteiger partial charge on any atom is -0.381 e. The van der Waals surface area contributed by atoms with Gasteiger partial charge in [0.15, 0.2) is 0 Å². The summed E-state index contributed by atoms with van der Waals surface area (Å²) in [6.07, 6.45) is 2.87. The second kappa shape index (κ2) is 13.6. The van der Waals surface area contributed by atoms with Crippen LogP contribution in [0, 0.1) is 30.6 Å². The number of hydrogen-bond acceptors (Lipinski definition) is 6. The molecule has 3 aliphatic heterocycles. The summed E-state index contributed by atoms with van der Waals surface area (Å²) in [5, 5.41) is 6.12. The van der Waals surface area contributed by atoms with Gasteiger partial charge in [0, 0.05) is 81.4 Å². The topological polar surface area (TPSA) is 77.2 Å². The molecule has 3 aliphatic rings. The van der Waals surface area contributed by atoms with Crippen LogP contribution in [0.15, 0.2) is 12.1 Å². The molecule has 4 rings (SSSR count). The highest BCUT2D eigenvalue weighted by Gasteiger charge is 2.32. The van der Waals surface area contributed by atoms with Crippen LogP contribution in [0.1, 0.15) is 61.5 Å². The smallest absolute Gasteiger partial charge is 0.251 e. The quantitative estimate of drug-likeness (QED) is 0.521. The van der Waals surface area contributed by atoms with Gasteiger partial charge in [0.25, 0.3) is 5.91 Å². The van der Waals surface area contributed by atoms with Crippen molar-refractivity contribution in [3.63, 3.8) is 0 Å². The number of piperidine rings is 1. The van der Waals surface area contributed by atoms with E-state index in [1.165, 1.54) is 0 Å². The van der Waals surface area contributed by atoms with Crippen molar-refractivity contribution in [3.05, 3.63) is 28.8 Å². The fraction of sp³-hybridized carbons (Fsp3) is 0.677. The first kappa shape index (κ1) is 29.4. The Hall–Kier alpha value is -2.60. The highest BCUT2D eigenvalue weighted by atomic mass is 16.5. The normalized spacial score (nSPS) is 24.9. The van der Waals surface area contributed by atoms with Crippen LogP contribution < -0.4 is 15.5 Å². The number of amides is 2. The van der Waals surface area contributed by atoms with Crippen molar-refractivity contribution in [2.24, 2.45) is 11.8 Å². The van der Waals surface area contributed by atoms with Crippen molar-refractivity contribution in [2.45, 2.75) is 59.0 Å². The van der Waals surface area contributed by atoms with Gasteiger partial charge in [0.2, 0.25) is 5.91 Å². The number of carbonyl (C=O) groups is 2. The van der Waals surface area contributed by atoms with Gasteiger partial charge in [0.05, 0.1) is 12.5 Å². The Balaban J connectivity index is 1.57. The number of nitrogens with one attached hydrogen (secondary N) is 2. The lowest BCUT2D eigenvalue weighted by molar-refractivity contribution is -0.129. The van der Waals surface area contributed by atoms with Crippen LogP contribution in [0.4, 0.5) is 5.69 Å². The predicted octanol–water partition coefficient (Wildman–Crippen LogP) is 2.49. The molecule has 1 aromatic carbocycles. The van der Waals surface area contributed by atoms with E-state index in [-0.39, 0.29) is 29.7 Å². The van der Waals surface area contributed by atoms with Gasteiger partial charge >= 0.3 is 0 Å². The number of likely N-dealkylation sites (N-methyl/N-ethyl adjacent to an activating group) is 1. The molecule has 3 heterocycles. The van der Waals surface area contributed by atoms with Gasteiger partial charge in [-0.1, -0.05) is 18.8 Å². The average Bonchev–Trinajstić information content (AvgIpc) is 2.91. The number of hydrogen-bond donors (Lipinski definition) is 2. The van der Waals surface area contributed by atoms with E-state index >= 15 is 0 Å². The molecule has 0 aromatic heterocycles. The van der Waals surface area contributed by atoms with Gasteiger partial charge in [-0.15, -0.1) is 0 Å². The van der Waals surface area contributed by atoms with Gasteiger partial charge in [0.1, 0.15) is 0 Å². The highest BCUT2D eigenvalue weighted by Crippen LogP contribution is 2.30. The summed E-state index contributed by atoms with van der Waals surface area (Å²) in [5.41, 5.74) is 3.52. The molecule has 0 radical (unpaired) electrons. The van der Waals surface area contributed by atoms with Crippen LogP contribution in [-0.2, 0) is 9.53 Å². The Morgan fingerprint density at radius 1 is 1.18 bits per heavy atom. The molecule has 214 valence electrons. The molecule has 3 fully saturated rings. The van der Waals surface area contributed by atoms with Crippen LogP contribution in [-0.4, -0.2) is 99.8 Å². The van der Waals surface area contributed by atoms with Gasteiger partial charge in [-0.05, 0) is 70.7 Å². The standard InChI is InChI=1S/C31H47N5O3/c1-6-36(26-9-16-39-17-10-26)29-20-25(8-7-11-35-14-12-34(5)13-15-35)19-27(24(29)4)30(37)32-21-28-22(2)18-23(3)33-31(28)38/h19-20,22-23,26,28H,6,9-18,21H2,1-5H3,(H,32,37)(H,33,38). The number of benzene rings is 1. The van der Waals surface area contributed by atoms with Crippen LogP contribution >= 0.6 is 0 Å². The van der Waals surface area contributed by atoms with Crippen LogP contribution in [0.2, 0.25) is 0 Å². The Kier molecular flexibility index (Phi) is 10.3. The van der Waals surface area contributed by atoms with Crippen LogP contribution in [0.5, 0.6) is 0 Å². The Labute approximate surface area is 234 Å². The summed E-state index contributed by atoms with van der Waals surface area (Å²) in [5.74, 6) is 6.63. The largest absolute Gasteiger partial charge is 0.381 e. The molecule has 2 amide bonds. The van der Waals surface area contributed by atoms with E-state index in [4.69, 9.17) is 4.74 Å². The van der Waals surface area contributed by atoms with Crippen molar-refractivity contribution < 1.29 is 14.3 Å². The zero-order valence-electron chi connectivity index (χ0n) is 24.5. The lowest BCUT2D eigenvalue weighted by Crippen LogP contribution is -2.50. The molecule has 0 saturated carbocycles. The minimum absolute atomic E-state index is 0.0270. The predicted molar refractivity (Wildman–Crippen MR) is 156 cm³/mol. The molecular formula is C31H47N5O3. The van der Waals surface area contributed by atoms with E-state index in [1.807, 2.05) is 19.9 Å². The summed E-state index contributed by atoms with van der Waals surface area (Å²) < 4.78 is 5.62. The van der Waals surface area contributed by atoms with Crippen LogP contribution in [0.25, 0.3) is 0 Å². The third-order valence-corrected chi connectivity index (χ3v) is 8.66. The molecule has 3 atom stereocenters. The van der Waals surface area contributed by atoms with Crippen molar-refractivity contribution in [1.82, 2.24) is 20.4 Å². The van der Waals surface area contributed by atoms with E-state index in [0.717, 1.165) is 88.6 Å². The summed E-state index contributed by atoms with van der Waals surface area (Å²) in [6.45, 7) is 15.9. The van der Waals surface area contributed by atoms with Gasteiger partial charge in [-0.25, -0.2) is 0 Å². The van der Waals surface area contributed by atoms with Crippen molar-refractivity contribution in [2.75, 3.05) is 71.0 Å². The van der Waals surface area contributed by atoms with Crippen molar-refractivity contribution in [3.8, 4) is 11.8 Å². The first-order valence-electron chi connectivity index (χ1n) is 14.7. The molecule has 3 saturated heterocycles. The number of ether oxygens (including phenoxy) is 1. The van der Waals surface area contributed by atoms with Crippen molar-refractivity contribution in [1.29, 1.82) is 0 Å². The number of nitrogens with zero attached hydrogens (tertiary/aromatic N) is 3. The van der Waals surface area contributed by atoms with Gasteiger partial charge in [-0.2, -0.15) is 0 Å². The summed E-state index contributed by atoms with van der Waals surface area (Å²) in [4.78, 5) is 33.3. The first-order chi connectivity index (χ1) is 18.8. The molecule has 8 heteroatoms. The van der Waals surface area contributed by atoms with Gasteiger partial charge < -0.3 is 25.2 Å². The maximum atomic E-state index is 13.6. The number of piperazine rings is 1. The van der Waals surface area contributed by atoms with Crippen molar-refractivity contribution >= 4 is 17.5 Å². The maximum absolute atomic E-state index is 13.6. The van der Waals surface area contributed by atoms with Crippen LogP contribution in [0.3, 0.4) is 0 Å². The van der Waals surface area contributed by atoms with E-state index < -0.39 is 0 Å².